The number of anilines is 1. The van der Waals surface area contributed by atoms with E-state index in [4.69, 9.17) is 4.52 Å². The summed E-state index contributed by atoms with van der Waals surface area (Å²) in [5.74, 6) is 0.117. The van der Waals surface area contributed by atoms with Crippen LogP contribution in [0.1, 0.15) is 21.5 Å². The van der Waals surface area contributed by atoms with Gasteiger partial charge in [0.15, 0.2) is 0 Å². The third-order valence-electron chi connectivity index (χ3n) is 4.12. The van der Waals surface area contributed by atoms with E-state index in [1.165, 1.54) is 23.5 Å². The Balaban J connectivity index is 1.59. The molecule has 140 valence electrons. The maximum absolute atomic E-state index is 13.1. The van der Waals surface area contributed by atoms with Crippen LogP contribution in [0.25, 0.3) is 22.2 Å². The number of thiophene rings is 1. The summed E-state index contributed by atoms with van der Waals surface area (Å²) < 4.78 is 18.5. The van der Waals surface area contributed by atoms with E-state index in [1.807, 2.05) is 37.4 Å². The second kappa shape index (κ2) is 7.36. The van der Waals surface area contributed by atoms with Crippen LogP contribution in [0.2, 0.25) is 0 Å². The highest BCUT2D eigenvalue weighted by molar-refractivity contribution is 7.14. The summed E-state index contributed by atoms with van der Waals surface area (Å²) in [5.41, 5.74) is 3.89. The third-order valence-corrected chi connectivity index (χ3v) is 5.02. The van der Waals surface area contributed by atoms with E-state index in [9.17, 15) is 9.18 Å². The maximum atomic E-state index is 13.1. The van der Waals surface area contributed by atoms with Crippen molar-refractivity contribution in [2.24, 2.45) is 0 Å². The third kappa shape index (κ3) is 3.70. The summed E-state index contributed by atoms with van der Waals surface area (Å²) in [6, 6.07) is 13.3. The first-order chi connectivity index (χ1) is 13.5. The van der Waals surface area contributed by atoms with Crippen molar-refractivity contribution in [1.82, 2.24) is 10.1 Å². The van der Waals surface area contributed by atoms with Gasteiger partial charge in [-0.15, -0.1) is 11.3 Å². The van der Waals surface area contributed by atoms with Crippen LogP contribution in [0.3, 0.4) is 0 Å². The number of hydrogen-bond donors (Lipinski definition) is 1. The van der Waals surface area contributed by atoms with Crippen molar-refractivity contribution in [3.05, 3.63) is 76.4 Å². The molecule has 0 aliphatic heterocycles. The highest BCUT2D eigenvalue weighted by Gasteiger charge is 2.18. The van der Waals surface area contributed by atoms with E-state index in [0.717, 1.165) is 11.1 Å². The van der Waals surface area contributed by atoms with Gasteiger partial charge in [-0.2, -0.15) is 4.98 Å². The monoisotopic (exact) mass is 393 g/mol. The molecule has 0 aliphatic carbocycles. The molecule has 28 heavy (non-hydrogen) atoms. The number of rotatable bonds is 4. The number of benzene rings is 2. The normalized spacial score (nSPS) is 10.8. The first kappa shape index (κ1) is 18.1. The Morgan fingerprint density at radius 3 is 2.50 bits per heavy atom. The summed E-state index contributed by atoms with van der Waals surface area (Å²) in [5, 5.41) is 8.71. The number of halogens is 1. The minimum atomic E-state index is -0.331. The standard InChI is InChI=1S/C21H16FN3O2S/c1-12-9-13(2)11-15(10-12)20(26)23-17-7-8-28-18(17)21-24-19(25-27-21)14-3-5-16(22)6-4-14/h3-11H,1-2H3,(H,23,26). The summed E-state index contributed by atoms with van der Waals surface area (Å²) in [6.07, 6.45) is 0. The highest BCUT2D eigenvalue weighted by atomic mass is 32.1. The molecule has 0 saturated heterocycles. The number of amides is 1. The largest absolute Gasteiger partial charge is 0.333 e. The van der Waals surface area contributed by atoms with Crippen LogP contribution in [0.5, 0.6) is 0 Å². The fourth-order valence-electron chi connectivity index (χ4n) is 2.91. The molecule has 2 aromatic carbocycles. The van der Waals surface area contributed by atoms with Crippen LogP contribution in [-0.2, 0) is 0 Å². The van der Waals surface area contributed by atoms with Gasteiger partial charge in [0.25, 0.3) is 11.8 Å². The predicted molar refractivity (Wildman–Crippen MR) is 107 cm³/mol. The fraction of sp³-hybridized carbons (Fsp3) is 0.0952. The van der Waals surface area contributed by atoms with Crippen LogP contribution in [-0.4, -0.2) is 16.0 Å². The van der Waals surface area contributed by atoms with Crippen molar-refractivity contribution in [3.8, 4) is 22.2 Å². The zero-order chi connectivity index (χ0) is 19.7. The molecule has 0 atom stereocenters. The van der Waals surface area contributed by atoms with Crippen molar-refractivity contribution in [2.75, 3.05) is 5.32 Å². The van der Waals surface area contributed by atoms with E-state index < -0.39 is 0 Å². The Morgan fingerprint density at radius 2 is 1.79 bits per heavy atom. The number of aromatic nitrogens is 2. The minimum Gasteiger partial charge on any atom is -0.333 e. The molecule has 2 heterocycles. The molecule has 2 aromatic heterocycles. The van der Waals surface area contributed by atoms with Gasteiger partial charge in [0.1, 0.15) is 10.7 Å². The lowest BCUT2D eigenvalue weighted by Crippen LogP contribution is -2.12. The van der Waals surface area contributed by atoms with Crippen molar-refractivity contribution in [1.29, 1.82) is 0 Å². The number of carbonyl (C=O) groups excluding carboxylic acids is 1. The number of nitrogens with one attached hydrogen (secondary N) is 1. The van der Waals surface area contributed by atoms with Crippen LogP contribution in [0.4, 0.5) is 10.1 Å². The predicted octanol–water partition coefficient (Wildman–Crippen LogP) is 5.47. The average Bonchev–Trinajstić information content (AvgIpc) is 3.30. The van der Waals surface area contributed by atoms with Crippen LogP contribution < -0.4 is 5.32 Å². The quantitative estimate of drug-likeness (QED) is 0.499. The minimum absolute atomic E-state index is 0.204. The van der Waals surface area contributed by atoms with E-state index in [2.05, 4.69) is 15.5 Å². The molecule has 0 unspecified atom stereocenters. The molecule has 5 nitrogen and oxygen atoms in total. The molecule has 0 aliphatic rings. The maximum Gasteiger partial charge on any atom is 0.270 e. The van der Waals surface area contributed by atoms with Gasteiger partial charge in [0.2, 0.25) is 5.82 Å². The van der Waals surface area contributed by atoms with Crippen molar-refractivity contribution in [3.63, 3.8) is 0 Å². The van der Waals surface area contributed by atoms with Crippen LogP contribution in [0.15, 0.2) is 58.4 Å². The molecule has 4 aromatic rings. The molecular weight excluding hydrogens is 377 g/mol. The highest BCUT2D eigenvalue weighted by Crippen LogP contribution is 2.34. The van der Waals surface area contributed by atoms with Gasteiger partial charge in [-0.1, -0.05) is 22.3 Å². The zero-order valence-electron chi connectivity index (χ0n) is 15.2. The van der Waals surface area contributed by atoms with Crippen molar-refractivity contribution in [2.45, 2.75) is 13.8 Å². The Morgan fingerprint density at radius 1 is 1.07 bits per heavy atom. The second-order valence-corrected chi connectivity index (χ2v) is 7.34. The SMILES string of the molecule is Cc1cc(C)cc(C(=O)Nc2ccsc2-c2nc(-c3ccc(F)cc3)no2)c1. The van der Waals surface area contributed by atoms with Gasteiger partial charge in [0.05, 0.1) is 5.69 Å². The second-order valence-electron chi connectivity index (χ2n) is 6.42. The van der Waals surface area contributed by atoms with Gasteiger partial charge >= 0.3 is 0 Å². The van der Waals surface area contributed by atoms with E-state index in [0.29, 0.717) is 33.4 Å². The van der Waals surface area contributed by atoms with Crippen LogP contribution >= 0.6 is 11.3 Å². The van der Waals surface area contributed by atoms with Gasteiger partial charge in [-0.05, 0) is 61.7 Å². The van der Waals surface area contributed by atoms with Crippen LogP contribution in [0, 0.1) is 19.7 Å². The lowest BCUT2D eigenvalue weighted by molar-refractivity contribution is 0.102. The Kier molecular flexibility index (Phi) is 4.75. The lowest BCUT2D eigenvalue weighted by Gasteiger charge is -2.07. The van der Waals surface area contributed by atoms with E-state index in [1.54, 1.807) is 18.2 Å². The van der Waals surface area contributed by atoms with Gasteiger partial charge < -0.3 is 9.84 Å². The lowest BCUT2D eigenvalue weighted by atomic mass is 10.1. The molecule has 0 radical (unpaired) electrons. The smallest absolute Gasteiger partial charge is 0.270 e. The van der Waals surface area contributed by atoms with E-state index >= 15 is 0 Å². The van der Waals surface area contributed by atoms with E-state index in [-0.39, 0.29) is 11.7 Å². The molecule has 0 spiro atoms. The molecule has 0 bridgehead atoms. The average molecular weight is 393 g/mol. The fourth-order valence-corrected chi connectivity index (χ4v) is 3.68. The van der Waals surface area contributed by atoms with Crippen molar-refractivity contribution < 1.29 is 13.7 Å². The summed E-state index contributed by atoms with van der Waals surface area (Å²) in [4.78, 5) is 17.7. The van der Waals surface area contributed by atoms with Gasteiger partial charge in [-0.3, -0.25) is 4.79 Å². The number of hydrogen-bond acceptors (Lipinski definition) is 5. The molecule has 4 rings (SSSR count). The summed E-state index contributed by atoms with van der Waals surface area (Å²) in [6.45, 7) is 3.91. The van der Waals surface area contributed by atoms with Crippen molar-refractivity contribution >= 4 is 22.9 Å². The number of nitrogens with zero attached hydrogens (tertiary/aromatic N) is 2. The zero-order valence-corrected chi connectivity index (χ0v) is 16.0. The molecule has 7 heteroatoms. The summed E-state index contributed by atoms with van der Waals surface area (Å²) >= 11 is 1.39. The topological polar surface area (TPSA) is 68.0 Å². The molecule has 1 N–H and O–H groups in total. The first-order valence-corrected chi connectivity index (χ1v) is 9.45. The first-order valence-electron chi connectivity index (χ1n) is 8.57. The number of aryl methyl sites for hydroxylation is 2. The van der Waals surface area contributed by atoms with Gasteiger partial charge in [-0.25, -0.2) is 4.39 Å². The molecular formula is C21H16FN3O2S. The molecule has 0 fully saturated rings. The molecule has 1 amide bonds. The number of carbonyl (C=O) groups is 1. The van der Waals surface area contributed by atoms with Gasteiger partial charge in [0, 0.05) is 11.1 Å². The molecule has 0 saturated carbocycles. The Labute approximate surface area is 164 Å². The Bertz CT molecular complexity index is 1130. The summed E-state index contributed by atoms with van der Waals surface area (Å²) in [7, 11) is 0. The Hall–Kier alpha value is -3.32.